The Balaban J connectivity index is 1.56. The van der Waals surface area contributed by atoms with Gasteiger partial charge in [-0.2, -0.15) is 0 Å². The van der Waals surface area contributed by atoms with Gasteiger partial charge in [0.25, 0.3) is 5.91 Å². The molecule has 0 bridgehead atoms. The predicted octanol–water partition coefficient (Wildman–Crippen LogP) is 3.06. The van der Waals surface area contributed by atoms with Crippen LogP contribution in [-0.4, -0.2) is 62.7 Å². The SMILES string of the molecule is CCOc1cc(CN2CCN(C(=O)c3ccc(OC)cc3)CC2)ccc1OC. The second kappa shape index (κ2) is 9.46. The Kier molecular flexibility index (Phi) is 6.76. The van der Waals surface area contributed by atoms with Gasteiger partial charge in [0.15, 0.2) is 11.5 Å². The second-order valence-corrected chi connectivity index (χ2v) is 6.72. The first-order valence-electron chi connectivity index (χ1n) is 9.60. The first-order chi connectivity index (χ1) is 13.6. The molecule has 3 rings (SSSR count). The maximum atomic E-state index is 12.7. The normalized spacial score (nSPS) is 14.6. The molecule has 0 saturated carbocycles. The van der Waals surface area contributed by atoms with Crippen molar-refractivity contribution in [1.29, 1.82) is 0 Å². The average molecular weight is 384 g/mol. The number of carbonyl (C=O) groups is 1. The van der Waals surface area contributed by atoms with Crippen molar-refractivity contribution in [2.75, 3.05) is 47.0 Å². The Bertz CT molecular complexity index is 784. The maximum Gasteiger partial charge on any atom is 0.253 e. The van der Waals surface area contributed by atoms with Crippen LogP contribution < -0.4 is 14.2 Å². The van der Waals surface area contributed by atoms with E-state index >= 15 is 0 Å². The minimum Gasteiger partial charge on any atom is -0.497 e. The van der Waals surface area contributed by atoms with E-state index in [1.165, 1.54) is 5.56 Å². The van der Waals surface area contributed by atoms with Crippen molar-refractivity contribution in [2.24, 2.45) is 0 Å². The van der Waals surface area contributed by atoms with E-state index in [-0.39, 0.29) is 5.91 Å². The fourth-order valence-electron chi connectivity index (χ4n) is 3.37. The fraction of sp³-hybridized carbons (Fsp3) is 0.409. The molecule has 1 aliphatic rings. The van der Waals surface area contributed by atoms with Crippen molar-refractivity contribution in [3.63, 3.8) is 0 Å². The van der Waals surface area contributed by atoms with Crippen LogP contribution in [0.5, 0.6) is 17.2 Å². The quantitative estimate of drug-likeness (QED) is 0.734. The van der Waals surface area contributed by atoms with Gasteiger partial charge in [-0.25, -0.2) is 0 Å². The van der Waals surface area contributed by atoms with Crippen LogP contribution in [0.15, 0.2) is 42.5 Å². The van der Waals surface area contributed by atoms with Gasteiger partial charge in [-0.05, 0) is 48.9 Å². The molecule has 0 aromatic heterocycles. The minimum atomic E-state index is 0.0744. The van der Waals surface area contributed by atoms with Crippen LogP contribution in [0.25, 0.3) is 0 Å². The molecule has 0 spiro atoms. The van der Waals surface area contributed by atoms with Crippen molar-refractivity contribution >= 4 is 5.91 Å². The van der Waals surface area contributed by atoms with E-state index in [1.807, 2.05) is 48.2 Å². The van der Waals surface area contributed by atoms with Crippen molar-refractivity contribution in [1.82, 2.24) is 9.80 Å². The van der Waals surface area contributed by atoms with E-state index in [2.05, 4.69) is 11.0 Å². The number of hydrogen-bond donors (Lipinski definition) is 0. The number of nitrogens with zero attached hydrogens (tertiary/aromatic N) is 2. The number of ether oxygens (including phenoxy) is 3. The van der Waals surface area contributed by atoms with Crippen LogP contribution in [0.4, 0.5) is 0 Å². The monoisotopic (exact) mass is 384 g/mol. The lowest BCUT2D eigenvalue weighted by Gasteiger charge is -2.35. The molecule has 2 aromatic rings. The van der Waals surface area contributed by atoms with Gasteiger partial charge < -0.3 is 19.1 Å². The lowest BCUT2D eigenvalue weighted by Crippen LogP contribution is -2.48. The van der Waals surface area contributed by atoms with Crippen LogP contribution in [0, 0.1) is 0 Å². The van der Waals surface area contributed by atoms with Gasteiger partial charge in [-0.3, -0.25) is 9.69 Å². The van der Waals surface area contributed by atoms with E-state index in [1.54, 1.807) is 14.2 Å². The second-order valence-electron chi connectivity index (χ2n) is 6.72. The molecule has 0 radical (unpaired) electrons. The van der Waals surface area contributed by atoms with E-state index < -0.39 is 0 Å². The Morgan fingerprint density at radius 2 is 1.64 bits per heavy atom. The van der Waals surface area contributed by atoms with Crippen LogP contribution >= 0.6 is 0 Å². The minimum absolute atomic E-state index is 0.0744. The highest BCUT2D eigenvalue weighted by molar-refractivity contribution is 5.94. The molecular weight excluding hydrogens is 356 g/mol. The molecule has 150 valence electrons. The molecular formula is C22H28N2O4. The molecule has 0 unspecified atom stereocenters. The summed E-state index contributed by atoms with van der Waals surface area (Å²) in [7, 11) is 3.27. The molecule has 1 amide bonds. The largest absolute Gasteiger partial charge is 0.497 e. The predicted molar refractivity (Wildman–Crippen MR) is 108 cm³/mol. The summed E-state index contributed by atoms with van der Waals surface area (Å²) < 4.78 is 16.2. The summed E-state index contributed by atoms with van der Waals surface area (Å²) >= 11 is 0. The van der Waals surface area contributed by atoms with E-state index in [4.69, 9.17) is 14.2 Å². The van der Waals surface area contributed by atoms with Crippen LogP contribution in [-0.2, 0) is 6.54 Å². The number of methoxy groups -OCH3 is 2. The van der Waals surface area contributed by atoms with Gasteiger partial charge in [0.05, 0.1) is 20.8 Å². The number of hydrogen-bond acceptors (Lipinski definition) is 5. The average Bonchev–Trinajstić information content (AvgIpc) is 2.74. The van der Waals surface area contributed by atoms with Gasteiger partial charge in [0, 0.05) is 38.3 Å². The summed E-state index contributed by atoms with van der Waals surface area (Å²) in [5, 5.41) is 0. The number of carbonyl (C=O) groups excluding carboxylic acids is 1. The maximum absolute atomic E-state index is 12.7. The summed E-state index contributed by atoms with van der Waals surface area (Å²) in [5.74, 6) is 2.36. The van der Waals surface area contributed by atoms with Crippen molar-refractivity contribution < 1.29 is 19.0 Å². The van der Waals surface area contributed by atoms with Crippen LogP contribution in [0.1, 0.15) is 22.8 Å². The summed E-state index contributed by atoms with van der Waals surface area (Å²) in [5.41, 5.74) is 1.88. The zero-order chi connectivity index (χ0) is 19.9. The molecule has 0 N–H and O–H groups in total. The fourth-order valence-corrected chi connectivity index (χ4v) is 3.37. The molecule has 6 heteroatoms. The summed E-state index contributed by atoms with van der Waals surface area (Å²) in [4.78, 5) is 17.0. The topological polar surface area (TPSA) is 51.2 Å². The highest BCUT2D eigenvalue weighted by Crippen LogP contribution is 2.28. The molecule has 0 atom stereocenters. The van der Waals surface area contributed by atoms with Gasteiger partial charge >= 0.3 is 0 Å². The lowest BCUT2D eigenvalue weighted by molar-refractivity contribution is 0.0628. The third-order valence-corrected chi connectivity index (χ3v) is 4.93. The Labute approximate surface area is 166 Å². The Morgan fingerprint density at radius 3 is 2.25 bits per heavy atom. The molecule has 1 fully saturated rings. The first kappa shape index (κ1) is 20.0. The van der Waals surface area contributed by atoms with Gasteiger partial charge in [-0.15, -0.1) is 0 Å². The number of amides is 1. The highest BCUT2D eigenvalue weighted by Gasteiger charge is 2.22. The molecule has 1 heterocycles. The Hall–Kier alpha value is -2.73. The highest BCUT2D eigenvalue weighted by atomic mass is 16.5. The lowest BCUT2D eigenvalue weighted by atomic mass is 10.1. The number of benzene rings is 2. The summed E-state index contributed by atoms with van der Waals surface area (Å²) in [6.45, 7) is 6.53. The number of piperazine rings is 1. The van der Waals surface area contributed by atoms with Gasteiger partial charge in [0.1, 0.15) is 5.75 Å². The third kappa shape index (κ3) is 4.75. The summed E-state index contributed by atoms with van der Waals surface area (Å²) in [6.07, 6.45) is 0. The first-order valence-corrected chi connectivity index (χ1v) is 9.60. The molecule has 2 aromatic carbocycles. The number of rotatable bonds is 7. The zero-order valence-corrected chi connectivity index (χ0v) is 16.8. The van der Waals surface area contributed by atoms with Gasteiger partial charge in [-0.1, -0.05) is 6.07 Å². The van der Waals surface area contributed by atoms with Gasteiger partial charge in [0.2, 0.25) is 0 Å². The standard InChI is InChI=1S/C22H28N2O4/c1-4-28-21-15-17(5-10-20(21)27-3)16-23-11-13-24(14-12-23)22(25)18-6-8-19(26-2)9-7-18/h5-10,15H,4,11-14,16H2,1-3H3. The molecule has 6 nitrogen and oxygen atoms in total. The molecule has 1 saturated heterocycles. The van der Waals surface area contributed by atoms with Crippen LogP contribution in [0.3, 0.4) is 0 Å². The zero-order valence-electron chi connectivity index (χ0n) is 16.8. The molecule has 1 aliphatic heterocycles. The van der Waals surface area contributed by atoms with Crippen molar-refractivity contribution in [3.8, 4) is 17.2 Å². The van der Waals surface area contributed by atoms with Crippen molar-refractivity contribution in [3.05, 3.63) is 53.6 Å². The van der Waals surface area contributed by atoms with E-state index in [0.717, 1.165) is 50.0 Å². The summed E-state index contributed by atoms with van der Waals surface area (Å²) in [6, 6.07) is 13.3. The smallest absolute Gasteiger partial charge is 0.253 e. The third-order valence-electron chi connectivity index (χ3n) is 4.93. The van der Waals surface area contributed by atoms with E-state index in [9.17, 15) is 4.79 Å². The molecule has 28 heavy (non-hydrogen) atoms. The van der Waals surface area contributed by atoms with Crippen LogP contribution in [0.2, 0.25) is 0 Å². The molecule has 0 aliphatic carbocycles. The Morgan fingerprint density at radius 1 is 0.929 bits per heavy atom. The van der Waals surface area contributed by atoms with E-state index in [0.29, 0.717) is 12.2 Å². The van der Waals surface area contributed by atoms with Crippen molar-refractivity contribution in [2.45, 2.75) is 13.5 Å².